The minimum absolute atomic E-state index is 0.368. The first-order valence-corrected chi connectivity index (χ1v) is 11.5. The zero-order chi connectivity index (χ0) is 17.9. The van der Waals surface area contributed by atoms with Crippen LogP contribution in [-0.4, -0.2) is 29.8 Å². The number of ketones is 1. The normalized spacial score (nSPS) is 27.4. The van der Waals surface area contributed by atoms with Crippen molar-refractivity contribution in [1.82, 2.24) is 4.90 Å². The molecular weight excluding hydrogens is 306 g/mol. The summed E-state index contributed by atoms with van der Waals surface area (Å²) in [6.45, 7) is 2.29. The fourth-order valence-electron chi connectivity index (χ4n) is 5.12. The van der Waals surface area contributed by atoms with Crippen LogP contribution in [-0.2, 0) is 4.79 Å². The Kier molecular flexibility index (Phi) is 10.1. The van der Waals surface area contributed by atoms with Gasteiger partial charge in [-0.05, 0) is 26.3 Å². The minimum atomic E-state index is 0.368. The largest absolute Gasteiger partial charge is 0.299 e. The van der Waals surface area contributed by atoms with Gasteiger partial charge in [0.1, 0.15) is 5.78 Å². The maximum atomic E-state index is 12.5. The van der Waals surface area contributed by atoms with E-state index in [4.69, 9.17) is 0 Å². The van der Waals surface area contributed by atoms with E-state index in [9.17, 15) is 4.79 Å². The highest BCUT2D eigenvalue weighted by Gasteiger charge is 2.40. The molecule has 0 aromatic heterocycles. The molecule has 0 aromatic rings. The molecule has 0 radical (unpaired) electrons. The molecule has 2 nitrogen and oxygen atoms in total. The van der Waals surface area contributed by atoms with Crippen molar-refractivity contribution in [3.8, 4) is 0 Å². The predicted octanol–water partition coefficient (Wildman–Crippen LogP) is 6.52. The fraction of sp³-hybridized carbons (Fsp3) is 0.957. The molecule has 0 aromatic carbocycles. The minimum Gasteiger partial charge on any atom is -0.299 e. The van der Waals surface area contributed by atoms with Crippen molar-refractivity contribution >= 4 is 5.78 Å². The molecule has 25 heavy (non-hydrogen) atoms. The van der Waals surface area contributed by atoms with E-state index in [0.717, 1.165) is 12.8 Å². The highest BCUT2D eigenvalue weighted by molar-refractivity contribution is 5.83. The molecule has 0 amide bonds. The summed E-state index contributed by atoms with van der Waals surface area (Å²) in [7, 11) is 2.29. The van der Waals surface area contributed by atoms with Gasteiger partial charge in [0, 0.05) is 24.4 Å². The van der Waals surface area contributed by atoms with Crippen LogP contribution in [0, 0.1) is 5.92 Å². The Labute approximate surface area is 157 Å². The zero-order valence-corrected chi connectivity index (χ0v) is 17.1. The van der Waals surface area contributed by atoms with Gasteiger partial charge in [0.05, 0.1) is 0 Å². The molecule has 3 atom stereocenters. The van der Waals surface area contributed by atoms with Crippen molar-refractivity contribution in [2.24, 2.45) is 5.92 Å². The summed E-state index contributed by atoms with van der Waals surface area (Å²) in [6, 6.07) is 1.10. The number of unbranched alkanes of at least 4 members (excludes halogenated alkanes) is 10. The topological polar surface area (TPSA) is 20.3 Å². The number of Topliss-reactive ketones (excluding diaryl/α,β-unsaturated/α-hetero) is 1. The van der Waals surface area contributed by atoms with Crippen LogP contribution < -0.4 is 0 Å². The van der Waals surface area contributed by atoms with Gasteiger partial charge in [-0.25, -0.2) is 0 Å². The molecule has 0 N–H and O–H groups in total. The number of fused-ring (bicyclic) bond motifs is 1. The van der Waals surface area contributed by atoms with E-state index < -0.39 is 0 Å². The highest BCUT2D eigenvalue weighted by atomic mass is 16.1. The Morgan fingerprint density at radius 3 is 2.04 bits per heavy atom. The third kappa shape index (κ3) is 7.04. The molecule has 1 aliphatic heterocycles. The lowest BCUT2D eigenvalue weighted by Crippen LogP contribution is -2.53. The van der Waals surface area contributed by atoms with Gasteiger partial charge in [0.2, 0.25) is 0 Å². The van der Waals surface area contributed by atoms with Gasteiger partial charge in [-0.1, -0.05) is 90.4 Å². The molecule has 3 unspecified atom stereocenters. The van der Waals surface area contributed by atoms with Crippen LogP contribution in [0.5, 0.6) is 0 Å². The summed E-state index contributed by atoms with van der Waals surface area (Å²) in [5.74, 6) is 0.947. The van der Waals surface area contributed by atoms with Gasteiger partial charge >= 0.3 is 0 Å². The Morgan fingerprint density at radius 2 is 1.40 bits per heavy atom. The Morgan fingerprint density at radius 1 is 0.840 bits per heavy atom. The molecule has 0 bridgehead atoms. The molecule has 146 valence electrons. The number of hydrogen-bond donors (Lipinski definition) is 0. The summed E-state index contributed by atoms with van der Waals surface area (Å²) in [5, 5.41) is 0. The second-order valence-corrected chi connectivity index (χ2v) is 8.77. The van der Waals surface area contributed by atoms with Crippen molar-refractivity contribution in [2.45, 2.75) is 128 Å². The summed E-state index contributed by atoms with van der Waals surface area (Å²) in [4.78, 5) is 15.0. The highest BCUT2D eigenvalue weighted by Crippen LogP contribution is 2.36. The number of likely N-dealkylation sites (tertiary alicyclic amines) is 1. The van der Waals surface area contributed by atoms with Crippen LogP contribution in [0.25, 0.3) is 0 Å². The number of piperidine rings is 1. The standard InChI is InChI=1S/C23H43NO/c1-3-4-5-6-7-8-9-10-11-12-13-16-20-19-23(25)21-17-14-15-18-22(21)24(20)2/h20-22H,3-19H2,1-2H3. The quantitative estimate of drug-likeness (QED) is 0.374. The van der Waals surface area contributed by atoms with Gasteiger partial charge < -0.3 is 0 Å². The molecule has 1 saturated heterocycles. The van der Waals surface area contributed by atoms with E-state index in [-0.39, 0.29) is 0 Å². The van der Waals surface area contributed by atoms with E-state index in [0.29, 0.717) is 23.8 Å². The molecule has 2 heteroatoms. The van der Waals surface area contributed by atoms with Crippen molar-refractivity contribution in [2.75, 3.05) is 7.05 Å². The fourth-order valence-corrected chi connectivity index (χ4v) is 5.12. The molecular formula is C23H43NO. The Hall–Kier alpha value is -0.370. The zero-order valence-electron chi connectivity index (χ0n) is 17.1. The van der Waals surface area contributed by atoms with E-state index in [1.165, 1.54) is 96.3 Å². The van der Waals surface area contributed by atoms with Crippen LogP contribution in [0.15, 0.2) is 0 Å². The molecule has 2 rings (SSSR count). The van der Waals surface area contributed by atoms with Gasteiger partial charge in [0.25, 0.3) is 0 Å². The first-order chi connectivity index (χ1) is 12.2. The smallest absolute Gasteiger partial charge is 0.139 e. The molecule has 1 saturated carbocycles. The number of carbonyl (C=O) groups is 1. The molecule has 2 fully saturated rings. The van der Waals surface area contributed by atoms with Crippen molar-refractivity contribution in [3.05, 3.63) is 0 Å². The van der Waals surface area contributed by atoms with Crippen LogP contribution in [0.2, 0.25) is 0 Å². The van der Waals surface area contributed by atoms with Crippen LogP contribution in [0.4, 0.5) is 0 Å². The van der Waals surface area contributed by atoms with Crippen molar-refractivity contribution in [3.63, 3.8) is 0 Å². The van der Waals surface area contributed by atoms with Crippen molar-refractivity contribution in [1.29, 1.82) is 0 Å². The Balaban J connectivity index is 1.50. The average molecular weight is 350 g/mol. The maximum absolute atomic E-state index is 12.5. The van der Waals surface area contributed by atoms with Crippen LogP contribution in [0.3, 0.4) is 0 Å². The van der Waals surface area contributed by atoms with Crippen molar-refractivity contribution < 1.29 is 4.79 Å². The SMILES string of the molecule is CCCCCCCCCCCCCC1CC(=O)C2CCCCC2N1C. The third-order valence-electron chi connectivity index (χ3n) is 6.82. The number of nitrogens with zero attached hydrogens (tertiary/aromatic N) is 1. The van der Waals surface area contributed by atoms with E-state index >= 15 is 0 Å². The average Bonchev–Trinajstić information content (AvgIpc) is 2.63. The molecule has 1 aliphatic carbocycles. The predicted molar refractivity (Wildman–Crippen MR) is 108 cm³/mol. The molecule has 0 spiro atoms. The van der Waals surface area contributed by atoms with Gasteiger partial charge in [0.15, 0.2) is 0 Å². The lowest BCUT2D eigenvalue weighted by atomic mass is 9.75. The van der Waals surface area contributed by atoms with Gasteiger partial charge in [-0.2, -0.15) is 0 Å². The number of carbonyl (C=O) groups excluding carboxylic acids is 1. The lowest BCUT2D eigenvalue weighted by molar-refractivity contribution is -0.133. The molecule has 1 heterocycles. The van der Waals surface area contributed by atoms with Gasteiger partial charge in [-0.3, -0.25) is 9.69 Å². The second-order valence-electron chi connectivity index (χ2n) is 8.77. The van der Waals surface area contributed by atoms with Crippen LogP contribution >= 0.6 is 0 Å². The second kappa shape index (κ2) is 12.1. The number of hydrogen-bond acceptors (Lipinski definition) is 2. The monoisotopic (exact) mass is 349 g/mol. The summed E-state index contributed by atoms with van der Waals surface area (Å²) in [6.07, 6.45) is 22.5. The van der Waals surface area contributed by atoms with Gasteiger partial charge in [-0.15, -0.1) is 0 Å². The third-order valence-corrected chi connectivity index (χ3v) is 6.82. The number of rotatable bonds is 12. The molecule has 2 aliphatic rings. The summed E-state index contributed by atoms with van der Waals surface area (Å²) < 4.78 is 0. The summed E-state index contributed by atoms with van der Waals surface area (Å²) in [5.41, 5.74) is 0. The first kappa shape index (κ1) is 20.9. The summed E-state index contributed by atoms with van der Waals surface area (Å²) >= 11 is 0. The first-order valence-electron chi connectivity index (χ1n) is 11.5. The van der Waals surface area contributed by atoms with E-state index in [1.54, 1.807) is 0 Å². The van der Waals surface area contributed by atoms with E-state index in [1.807, 2.05) is 0 Å². The van der Waals surface area contributed by atoms with E-state index in [2.05, 4.69) is 18.9 Å². The maximum Gasteiger partial charge on any atom is 0.139 e. The lowest BCUT2D eigenvalue weighted by Gasteiger charge is -2.46. The Bertz CT molecular complexity index is 367. The van der Waals surface area contributed by atoms with Crippen LogP contribution in [0.1, 0.15) is 116 Å².